The molecule has 0 saturated carbocycles. The number of carbonyl (C=O) groups is 3. The molecule has 0 radical (unpaired) electrons. The Morgan fingerprint density at radius 2 is 1.55 bits per heavy atom. The van der Waals surface area contributed by atoms with Gasteiger partial charge in [0.05, 0.1) is 17.7 Å². The highest BCUT2D eigenvalue weighted by Gasteiger charge is 2.23. The summed E-state index contributed by atoms with van der Waals surface area (Å²) in [7, 11) is -2.64. The lowest BCUT2D eigenvalue weighted by Crippen LogP contribution is -2.35. The number of hydrogen-bond acceptors (Lipinski definition) is 6. The Bertz CT molecular complexity index is 1250. The number of hydrogen-bond donors (Lipinski definition) is 3. The number of anilines is 3. The summed E-state index contributed by atoms with van der Waals surface area (Å²) in [6.07, 6.45) is 1.38. The molecule has 3 aromatic rings. The number of benzene rings is 2. The third-order valence-corrected chi connectivity index (χ3v) is 6.22. The van der Waals surface area contributed by atoms with E-state index in [1.165, 1.54) is 56.6 Å². The summed E-state index contributed by atoms with van der Waals surface area (Å²) < 4.78 is 31.4. The van der Waals surface area contributed by atoms with E-state index in [0.29, 0.717) is 17.1 Å². The van der Waals surface area contributed by atoms with E-state index in [-0.39, 0.29) is 16.6 Å². The van der Waals surface area contributed by atoms with E-state index in [1.807, 2.05) is 0 Å². The molecule has 1 aromatic heterocycles. The Hall–Kier alpha value is -3.96. The highest BCUT2D eigenvalue weighted by atomic mass is 32.2. The molecule has 0 aliphatic carbocycles. The summed E-state index contributed by atoms with van der Waals surface area (Å²) in [4.78, 5) is 35.6. The van der Waals surface area contributed by atoms with E-state index in [9.17, 15) is 22.8 Å². The Labute approximate surface area is 190 Å². The molecule has 2 aromatic carbocycles. The van der Waals surface area contributed by atoms with Crippen LogP contribution < -0.4 is 16.0 Å². The molecule has 0 spiro atoms. The molecule has 10 nitrogen and oxygen atoms in total. The molecule has 11 heteroatoms. The molecule has 3 amide bonds. The van der Waals surface area contributed by atoms with Crippen molar-refractivity contribution >= 4 is 44.8 Å². The summed E-state index contributed by atoms with van der Waals surface area (Å²) in [6.45, 7) is 0.915. The van der Waals surface area contributed by atoms with Crippen molar-refractivity contribution in [2.75, 3.05) is 29.5 Å². The minimum atomic E-state index is -3.93. The van der Waals surface area contributed by atoms with Crippen LogP contribution in [0, 0.1) is 0 Å². The average molecular weight is 471 g/mol. The van der Waals surface area contributed by atoms with Crippen molar-refractivity contribution in [3.05, 3.63) is 72.7 Å². The van der Waals surface area contributed by atoms with Gasteiger partial charge < -0.3 is 20.4 Å². The number of nitrogens with zero attached hydrogens (tertiary/aromatic N) is 1. The highest BCUT2D eigenvalue weighted by molar-refractivity contribution is 7.89. The van der Waals surface area contributed by atoms with Crippen LogP contribution >= 0.6 is 0 Å². The molecule has 1 heterocycles. The molecule has 172 valence electrons. The van der Waals surface area contributed by atoms with Crippen LogP contribution in [0.1, 0.15) is 17.5 Å². The third kappa shape index (κ3) is 6.28. The van der Waals surface area contributed by atoms with E-state index in [4.69, 9.17) is 4.42 Å². The predicted octanol–water partition coefficient (Wildman–Crippen LogP) is 2.75. The lowest BCUT2D eigenvalue weighted by molar-refractivity contribution is -0.116. The second kappa shape index (κ2) is 10.1. The van der Waals surface area contributed by atoms with Gasteiger partial charge in [0.15, 0.2) is 5.76 Å². The first-order valence-corrected chi connectivity index (χ1v) is 11.2. The molecular weight excluding hydrogens is 448 g/mol. The van der Waals surface area contributed by atoms with Gasteiger partial charge in [0.25, 0.3) is 5.91 Å². The molecule has 0 saturated heterocycles. The van der Waals surface area contributed by atoms with Crippen molar-refractivity contribution < 1.29 is 27.2 Å². The number of nitrogens with one attached hydrogen (secondary N) is 3. The van der Waals surface area contributed by atoms with Crippen molar-refractivity contribution in [1.82, 2.24) is 4.31 Å². The summed E-state index contributed by atoms with van der Waals surface area (Å²) in [5, 5.41) is 7.81. The first-order chi connectivity index (χ1) is 15.6. The SMILES string of the molecule is CC(=O)Nc1ccc(S(=O)(=O)N(C)CC(=O)Nc2cccc(NC(=O)c3ccco3)c2)cc1. The first kappa shape index (κ1) is 23.7. The van der Waals surface area contributed by atoms with Crippen LogP contribution in [-0.4, -0.2) is 44.0 Å². The topological polar surface area (TPSA) is 138 Å². The van der Waals surface area contributed by atoms with Crippen molar-refractivity contribution in [2.24, 2.45) is 0 Å². The summed E-state index contributed by atoms with van der Waals surface area (Å²) >= 11 is 0. The fourth-order valence-corrected chi connectivity index (χ4v) is 3.98. The zero-order chi connectivity index (χ0) is 24.0. The maximum atomic E-state index is 12.7. The minimum Gasteiger partial charge on any atom is -0.459 e. The van der Waals surface area contributed by atoms with Crippen LogP contribution in [0.5, 0.6) is 0 Å². The van der Waals surface area contributed by atoms with Gasteiger partial charge in [-0.25, -0.2) is 8.42 Å². The standard InChI is InChI=1S/C22H22N4O6S/c1-15(27)23-16-8-10-19(11-9-16)33(30,31)26(2)14-21(28)24-17-5-3-6-18(13-17)25-22(29)20-7-4-12-32-20/h3-13H,14H2,1-2H3,(H,23,27)(H,24,28)(H,25,29). The maximum absolute atomic E-state index is 12.7. The van der Waals surface area contributed by atoms with Gasteiger partial charge in [-0.05, 0) is 54.6 Å². The van der Waals surface area contributed by atoms with Crippen molar-refractivity contribution in [1.29, 1.82) is 0 Å². The van der Waals surface area contributed by atoms with E-state index >= 15 is 0 Å². The number of carbonyl (C=O) groups excluding carboxylic acids is 3. The lowest BCUT2D eigenvalue weighted by Gasteiger charge is -2.17. The van der Waals surface area contributed by atoms with Crippen molar-refractivity contribution in [3.63, 3.8) is 0 Å². The molecule has 0 fully saturated rings. The van der Waals surface area contributed by atoms with Gasteiger partial charge in [-0.3, -0.25) is 14.4 Å². The van der Waals surface area contributed by atoms with Crippen LogP contribution in [0.4, 0.5) is 17.1 Å². The zero-order valence-corrected chi connectivity index (χ0v) is 18.7. The second-order valence-corrected chi connectivity index (χ2v) is 9.07. The minimum absolute atomic E-state index is 0.0189. The molecule has 0 aliphatic rings. The van der Waals surface area contributed by atoms with Crippen LogP contribution in [-0.2, 0) is 19.6 Å². The molecule has 0 atom stereocenters. The number of sulfonamides is 1. The molecule has 3 rings (SSSR count). The van der Waals surface area contributed by atoms with Crippen molar-refractivity contribution in [2.45, 2.75) is 11.8 Å². The lowest BCUT2D eigenvalue weighted by atomic mass is 10.2. The molecule has 0 aliphatic heterocycles. The van der Waals surface area contributed by atoms with Gasteiger partial charge in [0.1, 0.15) is 0 Å². The average Bonchev–Trinajstić information content (AvgIpc) is 3.29. The van der Waals surface area contributed by atoms with Crippen LogP contribution in [0.3, 0.4) is 0 Å². The van der Waals surface area contributed by atoms with Gasteiger partial charge >= 0.3 is 0 Å². The van der Waals surface area contributed by atoms with E-state index < -0.39 is 28.4 Å². The second-order valence-electron chi connectivity index (χ2n) is 7.03. The number of furan rings is 1. The van der Waals surface area contributed by atoms with Gasteiger partial charge in [0, 0.05) is 31.0 Å². The number of likely N-dealkylation sites (N-methyl/N-ethyl adjacent to an activating group) is 1. The first-order valence-electron chi connectivity index (χ1n) is 9.74. The van der Waals surface area contributed by atoms with E-state index in [1.54, 1.807) is 24.3 Å². The fraction of sp³-hybridized carbons (Fsp3) is 0.136. The normalized spacial score (nSPS) is 11.1. The number of amides is 3. The fourth-order valence-electron chi connectivity index (χ4n) is 2.86. The molecule has 33 heavy (non-hydrogen) atoms. The molecule has 0 bridgehead atoms. The number of rotatable bonds is 8. The van der Waals surface area contributed by atoms with Gasteiger partial charge in [0.2, 0.25) is 21.8 Å². The Morgan fingerprint density at radius 3 is 2.15 bits per heavy atom. The summed E-state index contributed by atoms with van der Waals surface area (Å²) in [5.41, 5.74) is 1.26. The predicted molar refractivity (Wildman–Crippen MR) is 122 cm³/mol. The maximum Gasteiger partial charge on any atom is 0.291 e. The van der Waals surface area contributed by atoms with Crippen LogP contribution in [0.25, 0.3) is 0 Å². The third-order valence-electron chi connectivity index (χ3n) is 4.40. The van der Waals surface area contributed by atoms with Crippen LogP contribution in [0.2, 0.25) is 0 Å². The highest BCUT2D eigenvalue weighted by Crippen LogP contribution is 2.19. The largest absolute Gasteiger partial charge is 0.459 e. The summed E-state index contributed by atoms with van der Waals surface area (Å²) in [5.74, 6) is -1.14. The zero-order valence-electron chi connectivity index (χ0n) is 17.9. The van der Waals surface area contributed by atoms with Gasteiger partial charge in [-0.1, -0.05) is 6.07 Å². The van der Waals surface area contributed by atoms with E-state index in [2.05, 4.69) is 16.0 Å². The van der Waals surface area contributed by atoms with Crippen LogP contribution in [0.15, 0.2) is 76.2 Å². The smallest absolute Gasteiger partial charge is 0.291 e. The van der Waals surface area contributed by atoms with Crippen molar-refractivity contribution in [3.8, 4) is 0 Å². The van der Waals surface area contributed by atoms with Gasteiger partial charge in [-0.15, -0.1) is 0 Å². The molecular formula is C22H22N4O6S. The monoisotopic (exact) mass is 470 g/mol. The van der Waals surface area contributed by atoms with E-state index in [0.717, 1.165) is 4.31 Å². The Morgan fingerprint density at radius 1 is 0.879 bits per heavy atom. The van der Waals surface area contributed by atoms with Gasteiger partial charge in [-0.2, -0.15) is 4.31 Å². The Balaban J connectivity index is 1.61. The molecule has 0 unspecified atom stereocenters. The quantitative estimate of drug-likeness (QED) is 0.463. The summed E-state index contributed by atoms with van der Waals surface area (Å²) in [6, 6.07) is 15.1. The Kier molecular flexibility index (Phi) is 7.26. The molecule has 3 N–H and O–H groups in total.